The summed E-state index contributed by atoms with van der Waals surface area (Å²) in [6.07, 6.45) is 0. The van der Waals surface area contributed by atoms with Crippen molar-refractivity contribution in [2.75, 3.05) is 10.5 Å². The van der Waals surface area contributed by atoms with Crippen molar-refractivity contribution in [1.82, 2.24) is 15.0 Å². The minimum absolute atomic E-state index is 0.0483. The summed E-state index contributed by atoms with van der Waals surface area (Å²) in [7, 11) is -3.64. The summed E-state index contributed by atoms with van der Waals surface area (Å²) < 4.78 is 27.3. The van der Waals surface area contributed by atoms with Gasteiger partial charge < -0.3 is 10.7 Å². The van der Waals surface area contributed by atoms with Gasteiger partial charge in [0.05, 0.1) is 43.6 Å². The van der Waals surface area contributed by atoms with Crippen molar-refractivity contribution in [1.29, 1.82) is 0 Å². The third-order valence-corrected chi connectivity index (χ3v) is 7.34. The molecule has 10 heteroatoms. The molecular weight excluding hydrogens is 481 g/mol. The molecule has 2 aromatic carbocycles. The van der Waals surface area contributed by atoms with Crippen LogP contribution in [0.3, 0.4) is 0 Å². The first-order valence-electron chi connectivity index (χ1n) is 10.1. The van der Waals surface area contributed by atoms with Gasteiger partial charge in [-0.05, 0) is 38.1 Å². The first kappa shape index (κ1) is 23.1. The summed E-state index contributed by atoms with van der Waals surface area (Å²) in [4.78, 5) is 12.5. The number of pyridine rings is 1. The lowest BCUT2D eigenvalue weighted by atomic mass is 10.1. The van der Waals surface area contributed by atoms with E-state index in [2.05, 4.69) is 14.7 Å². The number of nitrogens with two attached hydrogens (primary N) is 1. The molecule has 0 aliphatic carbocycles. The van der Waals surface area contributed by atoms with Crippen LogP contribution in [0, 0.1) is 0 Å². The number of sulfonamides is 1. The molecule has 0 atom stereocenters. The fraction of sp³-hybridized carbons (Fsp3) is 0.130. The van der Waals surface area contributed by atoms with Gasteiger partial charge in [-0.1, -0.05) is 59.6 Å². The number of nitrogens with one attached hydrogen (secondary N) is 2. The van der Waals surface area contributed by atoms with Crippen LogP contribution in [0.25, 0.3) is 34.0 Å². The van der Waals surface area contributed by atoms with E-state index in [-0.39, 0.29) is 11.5 Å². The fourth-order valence-corrected chi connectivity index (χ4v) is 4.39. The van der Waals surface area contributed by atoms with Crippen molar-refractivity contribution in [3.63, 3.8) is 0 Å². The summed E-state index contributed by atoms with van der Waals surface area (Å²) in [5, 5.41) is 0.236. The largest absolute Gasteiger partial charge is 0.396 e. The number of rotatable bonds is 6. The second-order valence-corrected chi connectivity index (χ2v) is 10.7. The monoisotopic (exact) mass is 501 g/mol. The molecule has 0 bridgehead atoms. The molecule has 4 N–H and O–H groups in total. The molecule has 0 saturated carbocycles. The lowest BCUT2D eigenvalue weighted by molar-refractivity contribution is 0.592. The summed E-state index contributed by atoms with van der Waals surface area (Å²) in [6.45, 7) is 3.15. The van der Waals surface area contributed by atoms with E-state index in [1.807, 2.05) is 30.3 Å². The Bertz CT molecular complexity index is 1400. The molecule has 0 aliphatic heterocycles. The van der Waals surface area contributed by atoms with E-state index in [0.717, 1.165) is 5.56 Å². The quantitative estimate of drug-likeness (QED) is 0.306. The summed E-state index contributed by atoms with van der Waals surface area (Å²) in [6, 6.07) is 18.0. The third kappa shape index (κ3) is 4.68. The lowest BCUT2D eigenvalue weighted by Gasteiger charge is -2.13. The predicted octanol–water partition coefficient (Wildman–Crippen LogP) is 5.84. The highest BCUT2D eigenvalue weighted by molar-refractivity contribution is 7.93. The standard InChI is InChI=1S/C23H21Cl2N5O2S/c1-13(2)33(31,32)30-22-17(26)11-12-18(27-22)21-20(14-7-4-3-5-8-14)28-23(29-21)19-15(24)9-6-10-16(19)25/h3-13H,26H2,1-2H3,(H,27,30)(H,28,29). The zero-order valence-electron chi connectivity index (χ0n) is 17.8. The van der Waals surface area contributed by atoms with Gasteiger partial charge in [0, 0.05) is 5.56 Å². The Balaban J connectivity index is 1.91. The number of nitrogen functional groups attached to an aromatic ring is 1. The Morgan fingerprint density at radius 2 is 1.61 bits per heavy atom. The smallest absolute Gasteiger partial charge is 0.236 e. The van der Waals surface area contributed by atoms with E-state index in [1.54, 1.807) is 44.2 Å². The SMILES string of the molecule is CC(C)S(=O)(=O)Nc1nc(-c2[nH]c(-c3c(Cl)cccc3Cl)nc2-c2ccccc2)ccc1N. The van der Waals surface area contributed by atoms with Crippen molar-refractivity contribution >= 4 is 44.7 Å². The van der Waals surface area contributed by atoms with E-state index in [0.29, 0.717) is 38.5 Å². The van der Waals surface area contributed by atoms with Crippen molar-refractivity contribution in [2.24, 2.45) is 0 Å². The number of H-pyrrole nitrogens is 1. The first-order chi connectivity index (χ1) is 15.7. The molecule has 0 aliphatic rings. The maximum atomic E-state index is 12.4. The molecule has 2 aromatic heterocycles. The minimum atomic E-state index is -3.64. The Hall–Kier alpha value is -3.07. The zero-order valence-corrected chi connectivity index (χ0v) is 20.1. The summed E-state index contributed by atoms with van der Waals surface area (Å²) in [5.41, 5.74) is 9.23. The number of hydrogen-bond donors (Lipinski definition) is 3. The van der Waals surface area contributed by atoms with Gasteiger partial charge >= 0.3 is 0 Å². The molecule has 0 fully saturated rings. The molecule has 0 radical (unpaired) electrons. The molecular formula is C23H21Cl2N5O2S. The van der Waals surface area contributed by atoms with Crippen LogP contribution in [0.4, 0.5) is 11.5 Å². The topological polar surface area (TPSA) is 114 Å². The van der Waals surface area contributed by atoms with Gasteiger partial charge in [0.25, 0.3) is 0 Å². The van der Waals surface area contributed by atoms with Crippen LogP contribution in [0.5, 0.6) is 0 Å². The highest BCUT2D eigenvalue weighted by atomic mass is 35.5. The first-order valence-corrected chi connectivity index (χ1v) is 12.4. The number of aromatic nitrogens is 3. The molecule has 4 rings (SSSR count). The van der Waals surface area contributed by atoms with Crippen molar-refractivity contribution in [2.45, 2.75) is 19.1 Å². The maximum Gasteiger partial charge on any atom is 0.236 e. The van der Waals surface area contributed by atoms with Crippen LogP contribution < -0.4 is 10.5 Å². The van der Waals surface area contributed by atoms with Crippen LogP contribution in [0.15, 0.2) is 60.7 Å². The van der Waals surface area contributed by atoms with Crippen molar-refractivity contribution in [3.8, 4) is 34.0 Å². The molecule has 33 heavy (non-hydrogen) atoms. The van der Waals surface area contributed by atoms with Crippen LogP contribution in [0.1, 0.15) is 13.8 Å². The number of nitrogens with zero attached hydrogens (tertiary/aromatic N) is 2. The van der Waals surface area contributed by atoms with Gasteiger partial charge in [-0.25, -0.2) is 18.4 Å². The number of imidazole rings is 1. The van der Waals surface area contributed by atoms with Gasteiger partial charge in [-0.15, -0.1) is 0 Å². The average molecular weight is 502 g/mol. The Morgan fingerprint density at radius 1 is 0.939 bits per heavy atom. The molecule has 0 unspecified atom stereocenters. The van der Waals surface area contributed by atoms with Gasteiger partial charge in [0.15, 0.2) is 5.82 Å². The highest BCUT2D eigenvalue weighted by Crippen LogP contribution is 2.38. The molecule has 0 saturated heterocycles. The number of anilines is 2. The summed E-state index contributed by atoms with van der Waals surface area (Å²) in [5.74, 6) is 0.509. The van der Waals surface area contributed by atoms with Gasteiger partial charge in [-0.2, -0.15) is 0 Å². The summed E-state index contributed by atoms with van der Waals surface area (Å²) >= 11 is 12.8. The van der Waals surface area contributed by atoms with Crippen molar-refractivity contribution < 1.29 is 8.42 Å². The molecule has 0 spiro atoms. The van der Waals surface area contributed by atoms with Crippen LogP contribution >= 0.6 is 23.2 Å². The average Bonchev–Trinajstić information content (AvgIpc) is 3.20. The van der Waals surface area contributed by atoms with E-state index in [4.69, 9.17) is 33.9 Å². The number of aromatic amines is 1. The van der Waals surface area contributed by atoms with Crippen molar-refractivity contribution in [3.05, 3.63) is 70.7 Å². The van der Waals surface area contributed by atoms with Gasteiger partial charge in [0.2, 0.25) is 10.0 Å². The number of benzene rings is 2. The normalized spacial score (nSPS) is 11.7. The number of hydrogen-bond acceptors (Lipinski definition) is 5. The third-order valence-electron chi connectivity index (χ3n) is 4.99. The van der Waals surface area contributed by atoms with Gasteiger partial charge in [0.1, 0.15) is 5.82 Å². The molecule has 0 amide bonds. The predicted molar refractivity (Wildman–Crippen MR) is 135 cm³/mol. The maximum absolute atomic E-state index is 12.4. The Kier molecular flexibility index (Phi) is 6.34. The highest BCUT2D eigenvalue weighted by Gasteiger charge is 2.22. The fourth-order valence-electron chi connectivity index (χ4n) is 3.15. The molecule has 170 valence electrons. The van der Waals surface area contributed by atoms with Crippen LogP contribution in [0.2, 0.25) is 10.0 Å². The lowest BCUT2D eigenvalue weighted by Crippen LogP contribution is -2.23. The number of halogens is 2. The minimum Gasteiger partial charge on any atom is -0.396 e. The van der Waals surface area contributed by atoms with E-state index >= 15 is 0 Å². The zero-order chi connectivity index (χ0) is 23.8. The Labute approximate surface area is 202 Å². The Morgan fingerprint density at radius 3 is 2.24 bits per heavy atom. The van der Waals surface area contributed by atoms with Crippen LogP contribution in [-0.4, -0.2) is 28.6 Å². The van der Waals surface area contributed by atoms with Crippen LogP contribution in [-0.2, 0) is 10.0 Å². The second-order valence-electron chi connectivity index (χ2n) is 7.60. The van der Waals surface area contributed by atoms with E-state index < -0.39 is 15.3 Å². The molecule has 7 nitrogen and oxygen atoms in total. The second kappa shape index (κ2) is 9.05. The van der Waals surface area contributed by atoms with Gasteiger partial charge in [-0.3, -0.25) is 4.72 Å². The van der Waals surface area contributed by atoms with E-state index in [1.165, 1.54) is 0 Å². The van der Waals surface area contributed by atoms with E-state index in [9.17, 15) is 8.42 Å². The molecule has 2 heterocycles. The molecule has 4 aromatic rings.